The number of nitrogens with zero attached hydrogens (tertiary/aromatic N) is 3. The van der Waals surface area contributed by atoms with E-state index in [0.717, 1.165) is 4.57 Å². The number of benzene rings is 1. The Kier molecular flexibility index (Phi) is 4.42. The third-order valence-corrected chi connectivity index (χ3v) is 3.51. The molecule has 2 aromatic rings. The molecule has 0 unspecified atom stereocenters. The number of hydrogen-bond acceptors (Lipinski definition) is 4. The molecule has 0 aliphatic carbocycles. The third kappa shape index (κ3) is 2.78. The van der Waals surface area contributed by atoms with Crippen LogP contribution in [0.3, 0.4) is 0 Å². The summed E-state index contributed by atoms with van der Waals surface area (Å²) in [5.74, 6) is -0.367. The van der Waals surface area contributed by atoms with Gasteiger partial charge in [0.1, 0.15) is 5.56 Å². The smallest absolute Gasteiger partial charge is 0.304 e. The van der Waals surface area contributed by atoms with Crippen molar-refractivity contribution in [3.8, 4) is 0 Å². The van der Waals surface area contributed by atoms with Crippen LogP contribution in [-0.2, 0) is 20.6 Å². The maximum Gasteiger partial charge on any atom is 0.330 e. The number of rotatable bonds is 4. The second-order valence-corrected chi connectivity index (χ2v) is 5.46. The lowest BCUT2D eigenvalue weighted by molar-refractivity contribution is 0.103. The Labute approximate surface area is 128 Å². The van der Waals surface area contributed by atoms with Gasteiger partial charge in [0.15, 0.2) is 5.78 Å². The van der Waals surface area contributed by atoms with E-state index in [4.69, 9.17) is 0 Å². The topological polar surface area (TPSA) is 64.3 Å². The second-order valence-electron chi connectivity index (χ2n) is 5.46. The SMILES string of the molecule is CN(C)Cc1c(C(=O)c2ccccc2)c(=O)n(C)c(=O)n1C. The van der Waals surface area contributed by atoms with Gasteiger partial charge in [-0.05, 0) is 14.1 Å². The first-order valence-electron chi connectivity index (χ1n) is 6.88. The molecule has 0 amide bonds. The van der Waals surface area contributed by atoms with Gasteiger partial charge in [-0.1, -0.05) is 30.3 Å². The zero-order valence-corrected chi connectivity index (χ0v) is 13.2. The van der Waals surface area contributed by atoms with Crippen LogP contribution >= 0.6 is 0 Å². The highest BCUT2D eigenvalue weighted by Crippen LogP contribution is 2.11. The highest BCUT2D eigenvalue weighted by Gasteiger charge is 2.23. The minimum absolute atomic E-state index is 0.0458. The summed E-state index contributed by atoms with van der Waals surface area (Å²) < 4.78 is 2.33. The summed E-state index contributed by atoms with van der Waals surface area (Å²) >= 11 is 0. The van der Waals surface area contributed by atoms with Crippen molar-refractivity contribution >= 4 is 5.78 Å². The molecule has 1 aromatic carbocycles. The normalized spacial score (nSPS) is 11.0. The van der Waals surface area contributed by atoms with E-state index < -0.39 is 11.2 Å². The summed E-state index contributed by atoms with van der Waals surface area (Å²) in [5, 5.41) is 0. The van der Waals surface area contributed by atoms with E-state index in [1.165, 1.54) is 11.6 Å². The van der Waals surface area contributed by atoms with Gasteiger partial charge < -0.3 is 4.90 Å². The predicted molar refractivity (Wildman–Crippen MR) is 84.2 cm³/mol. The molecule has 0 aliphatic heterocycles. The van der Waals surface area contributed by atoms with E-state index in [9.17, 15) is 14.4 Å². The monoisotopic (exact) mass is 301 g/mol. The van der Waals surface area contributed by atoms with E-state index in [0.29, 0.717) is 17.8 Å². The van der Waals surface area contributed by atoms with Crippen LogP contribution in [0, 0.1) is 0 Å². The van der Waals surface area contributed by atoms with Gasteiger partial charge in [-0.3, -0.25) is 18.7 Å². The summed E-state index contributed by atoms with van der Waals surface area (Å²) in [6.45, 7) is 0.329. The van der Waals surface area contributed by atoms with Crippen LogP contribution in [-0.4, -0.2) is 33.9 Å². The van der Waals surface area contributed by atoms with Crippen molar-refractivity contribution < 1.29 is 4.79 Å². The van der Waals surface area contributed by atoms with Crippen LogP contribution in [0.4, 0.5) is 0 Å². The molecular formula is C16H19N3O3. The second kappa shape index (κ2) is 6.11. The first-order valence-corrected chi connectivity index (χ1v) is 6.88. The van der Waals surface area contributed by atoms with Crippen molar-refractivity contribution in [1.29, 1.82) is 0 Å². The Morgan fingerprint density at radius 1 is 1.05 bits per heavy atom. The standard InChI is InChI=1S/C16H19N3O3/c1-17(2)10-12-13(14(20)11-8-6-5-7-9-11)15(21)19(4)16(22)18(12)3/h5-9H,10H2,1-4H3. The van der Waals surface area contributed by atoms with Crippen molar-refractivity contribution in [3.63, 3.8) is 0 Å². The molecule has 0 N–H and O–H groups in total. The molecule has 6 nitrogen and oxygen atoms in total. The lowest BCUT2D eigenvalue weighted by Gasteiger charge is -2.17. The lowest BCUT2D eigenvalue weighted by atomic mass is 10.0. The van der Waals surface area contributed by atoms with Crippen LogP contribution in [0.5, 0.6) is 0 Å². The Hall–Kier alpha value is -2.47. The van der Waals surface area contributed by atoms with Gasteiger partial charge in [0, 0.05) is 26.2 Å². The molecule has 0 radical (unpaired) electrons. The highest BCUT2D eigenvalue weighted by molar-refractivity contribution is 6.09. The molecule has 116 valence electrons. The molecule has 1 heterocycles. The molecule has 0 spiro atoms. The number of ketones is 1. The van der Waals surface area contributed by atoms with E-state index in [1.807, 2.05) is 19.0 Å². The Morgan fingerprint density at radius 3 is 2.18 bits per heavy atom. The van der Waals surface area contributed by atoms with Crippen molar-refractivity contribution in [1.82, 2.24) is 14.0 Å². The van der Waals surface area contributed by atoms with E-state index in [1.54, 1.807) is 37.4 Å². The summed E-state index contributed by atoms with van der Waals surface area (Å²) in [4.78, 5) is 39.1. The van der Waals surface area contributed by atoms with Crippen LogP contribution in [0.15, 0.2) is 39.9 Å². The molecular weight excluding hydrogens is 282 g/mol. The van der Waals surface area contributed by atoms with Gasteiger partial charge in [0.2, 0.25) is 0 Å². The first-order chi connectivity index (χ1) is 10.3. The summed E-state index contributed by atoms with van der Waals surface area (Å²) in [6.07, 6.45) is 0. The minimum atomic E-state index is -0.561. The summed E-state index contributed by atoms with van der Waals surface area (Å²) in [6, 6.07) is 8.60. The molecule has 22 heavy (non-hydrogen) atoms. The summed E-state index contributed by atoms with van der Waals surface area (Å²) in [7, 11) is 6.59. The fourth-order valence-corrected chi connectivity index (χ4v) is 2.33. The van der Waals surface area contributed by atoms with E-state index in [-0.39, 0.29) is 11.3 Å². The molecule has 0 aliphatic rings. The zero-order chi connectivity index (χ0) is 16.4. The molecule has 0 atom stereocenters. The number of hydrogen-bond donors (Lipinski definition) is 0. The van der Waals surface area contributed by atoms with Crippen LogP contribution < -0.4 is 11.2 Å². The van der Waals surface area contributed by atoms with Crippen molar-refractivity contribution in [3.05, 3.63) is 68.0 Å². The molecule has 6 heteroatoms. The maximum atomic E-state index is 12.7. The fourth-order valence-electron chi connectivity index (χ4n) is 2.33. The Bertz CT molecular complexity index is 817. The van der Waals surface area contributed by atoms with Crippen LogP contribution in [0.1, 0.15) is 21.6 Å². The van der Waals surface area contributed by atoms with Crippen LogP contribution in [0.2, 0.25) is 0 Å². The fraction of sp³-hybridized carbons (Fsp3) is 0.312. The highest BCUT2D eigenvalue weighted by atomic mass is 16.2. The third-order valence-electron chi connectivity index (χ3n) is 3.51. The predicted octanol–water partition coefficient (Wildman–Crippen LogP) is 0.377. The first kappa shape index (κ1) is 15.9. The lowest BCUT2D eigenvalue weighted by Crippen LogP contribution is -2.43. The molecule has 2 rings (SSSR count). The molecule has 0 bridgehead atoms. The van der Waals surface area contributed by atoms with Gasteiger partial charge in [0.05, 0.1) is 5.69 Å². The van der Waals surface area contributed by atoms with Gasteiger partial charge in [-0.2, -0.15) is 0 Å². The van der Waals surface area contributed by atoms with Gasteiger partial charge >= 0.3 is 5.69 Å². The molecule has 1 aromatic heterocycles. The van der Waals surface area contributed by atoms with Gasteiger partial charge in [-0.15, -0.1) is 0 Å². The van der Waals surface area contributed by atoms with Gasteiger partial charge in [0.25, 0.3) is 5.56 Å². The van der Waals surface area contributed by atoms with Crippen molar-refractivity contribution in [2.75, 3.05) is 14.1 Å². The number of carbonyl (C=O) groups excluding carboxylic acids is 1. The minimum Gasteiger partial charge on any atom is -0.304 e. The molecule has 0 saturated carbocycles. The average Bonchev–Trinajstić information content (AvgIpc) is 2.51. The summed E-state index contributed by atoms with van der Waals surface area (Å²) in [5.41, 5.74) is -0.102. The van der Waals surface area contributed by atoms with E-state index in [2.05, 4.69) is 0 Å². The largest absolute Gasteiger partial charge is 0.330 e. The van der Waals surface area contributed by atoms with Crippen molar-refractivity contribution in [2.24, 2.45) is 14.1 Å². The zero-order valence-electron chi connectivity index (χ0n) is 13.2. The molecule has 0 fully saturated rings. The molecule has 0 saturated heterocycles. The Balaban J connectivity index is 2.76. The van der Waals surface area contributed by atoms with Crippen molar-refractivity contribution in [2.45, 2.75) is 6.54 Å². The number of carbonyl (C=O) groups is 1. The maximum absolute atomic E-state index is 12.7. The number of aromatic nitrogens is 2. The van der Waals surface area contributed by atoms with E-state index >= 15 is 0 Å². The average molecular weight is 301 g/mol. The van der Waals surface area contributed by atoms with Crippen LogP contribution in [0.25, 0.3) is 0 Å². The quantitative estimate of drug-likeness (QED) is 0.766. The van der Waals surface area contributed by atoms with Gasteiger partial charge in [-0.25, -0.2) is 4.79 Å². The Morgan fingerprint density at radius 2 is 1.64 bits per heavy atom.